The van der Waals surface area contributed by atoms with Crippen molar-refractivity contribution in [2.45, 2.75) is 39.5 Å². The van der Waals surface area contributed by atoms with Crippen LogP contribution < -0.4 is 4.90 Å². The van der Waals surface area contributed by atoms with Crippen molar-refractivity contribution in [1.29, 1.82) is 0 Å². The number of piperazine rings is 1. The summed E-state index contributed by atoms with van der Waals surface area (Å²) in [4.78, 5) is 38.1. The van der Waals surface area contributed by atoms with Gasteiger partial charge < -0.3 is 14.2 Å². The van der Waals surface area contributed by atoms with Crippen molar-refractivity contribution < 1.29 is 14.0 Å². The molecule has 0 N–H and O–H groups in total. The number of amides is 1. The van der Waals surface area contributed by atoms with Crippen LogP contribution in [0.5, 0.6) is 0 Å². The first kappa shape index (κ1) is 17.7. The molecule has 0 spiro atoms. The Kier molecular flexibility index (Phi) is 4.68. The predicted octanol–water partition coefficient (Wildman–Crippen LogP) is 2.42. The molecule has 7 heteroatoms. The van der Waals surface area contributed by atoms with E-state index in [1.165, 1.54) is 0 Å². The molecule has 1 aliphatic carbocycles. The fraction of sp³-hybridized carbons (Fsp3) is 0.500. The fourth-order valence-electron chi connectivity index (χ4n) is 3.91. The van der Waals surface area contributed by atoms with Crippen LogP contribution in [0, 0.1) is 6.92 Å². The minimum atomic E-state index is -0.0932. The summed E-state index contributed by atoms with van der Waals surface area (Å²) < 4.78 is 5.74. The molecule has 27 heavy (non-hydrogen) atoms. The lowest BCUT2D eigenvalue weighted by molar-refractivity contribution is 0.0739. The number of hydrogen-bond acceptors (Lipinski definition) is 6. The van der Waals surface area contributed by atoms with Crippen LogP contribution in [0.25, 0.3) is 0 Å². The summed E-state index contributed by atoms with van der Waals surface area (Å²) in [7, 11) is 0. The van der Waals surface area contributed by atoms with Crippen LogP contribution in [-0.2, 0) is 12.8 Å². The molecule has 0 atom stereocenters. The van der Waals surface area contributed by atoms with Gasteiger partial charge in [-0.1, -0.05) is 6.92 Å². The highest BCUT2D eigenvalue weighted by Crippen LogP contribution is 2.30. The number of carbonyl (C=O) groups is 2. The van der Waals surface area contributed by atoms with E-state index < -0.39 is 0 Å². The quantitative estimate of drug-likeness (QED) is 0.828. The lowest BCUT2D eigenvalue weighted by atomic mass is 9.93. The topological polar surface area (TPSA) is 79.5 Å². The third kappa shape index (κ3) is 3.22. The standard InChI is InChI=1S/C20H24N4O3/c1-3-14-11-17(22-12-21-14)23-7-9-24(10-8-23)20(26)18-13(2)27-16-6-4-5-15(25)19(16)18/h11-12H,3-10H2,1-2H3. The summed E-state index contributed by atoms with van der Waals surface area (Å²) in [6.07, 6.45) is 4.49. The van der Waals surface area contributed by atoms with Gasteiger partial charge in [0.05, 0.1) is 11.1 Å². The van der Waals surface area contributed by atoms with Crippen molar-refractivity contribution in [2.75, 3.05) is 31.1 Å². The first-order valence-electron chi connectivity index (χ1n) is 9.59. The second-order valence-corrected chi connectivity index (χ2v) is 7.11. The Morgan fingerprint density at radius 2 is 1.96 bits per heavy atom. The maximum absolute atomic E-state index is 13.1. The molecule has 0 radical (unpaired) electrons. The van der Waals surface area contributed by atoms with Gasteiger partial charge >= 0.3 is 0 Å². The molecule has 2 aromatic heterocycles. The fourth-order valence-corrected chi connectivity index (χ4v) is 3.91. The van der Waals surface area contributed by atoms with E-state index in [4.69, 9.17) is 4.42 Å². The zero-order chi connectivity index (χ0) is 19.0. The molecule has 1 amide bonds. The molecular formula is C20H24N4O3. The summed E-state index contributed by atoms with van der Waals surface area (Å²) in [6, 6.07) is 2.01. The lowest BCUT2D eigenvalue weighted by Gasteiger charge is -2.35. The number of aromatic nitrogens is 2. The zero-order valence-electron chi connectivity index (χ0n) is 15.8. The maximum Gasteiger partial charge on any atom is 0.258 e. The molecule has 0 unspecified atom stereocenters. The molecule has 0 bridgehead atoms. The minimum absolute atomic E-state index is 0.0307. The number of ketones is 1. The Labute approximate surface area is 158 Å². The smallest absolute Gasteiger partial charge is 0.258 e. The average Bonchev–Trinajstić information content (AvgIpc) is 3.05. The Bertz CT molecular complexity index is 881. The van der Waals surface area contributed by atoms with Crippen molar-refractivity contribution in [1.82, 2.24) is 14.9 Å². The Balaban J connectivity index is 1.50. The van der Waals surface area contributed by atoms with Crippen LogP contribution in [0.15, 0.2) is 16.8 Å². The number of carbonyl (C=O) groups excluding carboxylic acids is 2. The first-order valence-corrected chi connectivity index (χ1v) is 9.59. The Hall–Kier alpha value is -2.70. The molecule has 1 saturated heterocycles. The summed E-state index contributed by atoms with van der Waals surface area (Å²) >= 11 is 0. The zero-order valence-corrected chi connectivity index (χ0v) is 15.8. The van der Waals surface area contributed by atoms with Crippen LogP contribution in [-0.4, -0.2) is 52.7 Å². The molecule has 1 fully saturated rings. The van der Waals surface area contributed by atoms with Gasteiger partial charge in [-0.25, -0.2) is 9.97 Å². The Morgan fingerprint density at radius 3 is 2.70 bits per heavy atom. The molecule has 2 aromatic rings. The highest BCUT2D eigenvalue weighted by molar-refractivity contribution is 6.10. The highest BCUT2D eigenvalue weighted by atomic mass is 16.3. The molecule has 142 valence electrons. The van der Waals surface area contributed by atoms with Gasteiger partial charge in [-0.2, -0.15) is 0 Å². The van der Waals surface area contributed by atoms with Crippen LogP contribution >= 0.6 is 0 Å². The second-order valence-electron chi connectivity index (χ2n) is 7.11. The van der Waals surface area contributed by atoms with Crippen LogP contribution in [0.4, 0.5) is 5.82 Å². The molecule has 7 nitrogen and oxygen atoms in total. The van der Waals surface area contributed by atoms with E-state index in [9.17, 15) is 9.59 Å². The van der Waals surface area contributed by atoms with Crippen LogP contribution in [0.2, 0.25) is 0 Å². The van der Waals surface area contributed by atoms with Crippen molar-refractivity contribution in [3.8, 4) is 0 Å². The number of furan rings is 1. The van der Waals surface area contributed by atoms with Gasteiger partial charge in [-0.05, 0) is 19.8 Å². The molecule has 3 heterocycles. The van der Waals surface area contributed by atoms with Gasteiger partial charge in [0.1, 0.15) is 23.7 Å². The largest absolute Gasteiger partial charge is 0.465 e. The van der Waals surface area contributed by atoms with E-state index in [2.05, 4.69) is 21.8 Å². The second kappa shape index (κ2) is 7.13. The van der Waals surface area contributed by atoms with Gasteiger partial charge in [0.15, 0.2) is 5.78 Å². The first-order chi connectivity index (χ1) is 13.1. The van der Waals surface area contributed by atoms with E-state index >= 15 is 0 Å². The molecular weight excluding hydrogens is 344 g/mol. The van der Waals surface area contributed by atoms with Crippen molar-refractivity contribution in [3.63, 3.8) is 0 Å². The number of nitrogens with zero attached hydrogens (tertiary/aromatic N) is 4. The molecule has 0 aromatic carbocycles. The molecule has 4 rings (SSSR count). The number of aryl methyl sites for hydroxylation is 3. The monoisotopic (exact) mass is 368 g/mol. The van der Waals surface area contributed by atoms with Gasteiger partial charge in [0, 0.05) is 50.8 Å². The van der Waals surface area contributed by atoms with Gasteiger partial charge in [0.25, 0.3) is 5.91 Å². The minimum Gasteiger partial charge on any atom is -0.465 e. The van der Waals surface area contributed by atoms with Gasteiger partial charge in [-0.15, -0.1) is 0 Å². The number of fused-ring (bicyclic) bond motifs is 1. The summed E-state index contributed by atoms with van der Waals surface area (Å²) in [5.74, 6) is 2.08. The molecule has 1 aliphatic heterocycles. The number of rotatable bonds is 3. The lowest BCUT2D eigenvalue weighted by Crippen LogP contribution is -2.49. The third-order valence-electron chi connectivity index (χ3n) is 5.42. The number of anilines is 1. The predicted molar refractivity (Wildman–Crippen MR) is 100 cm³/mol. The van der Waals surface area contributed by atoms with Crippen LogP contribution in [0.3, 0.4) is 0 Å². The highest BCUT2D eigenvalue weighted by Gasteiger charge is 2.33. The number of hydrogen-bond donors (Lipinski definition) is 0. The molecule has 2 aliphatic rings. The Morgan fingerprint density at radius 1 is 1.19 bits per heavy atom. The average molecular weight is 368 g/mol. The van der Waals surface area contributed by atoms with Crippen molar-refractivity contribution >= 4 is 17.5 Å². The van der Waals surface area contributed by atoms with E-state index in [1.807, 2.05) is 11.0 Å². The van der Waals surface area contributed by atoms with Crippen LogP contribution in [0.1, 0.15) is 57.7 Å². The third-order valence-corrected chi connectivity index (χ3v) is 5.42. The number of Topliss-reactive ketones (excluding diaryl/α,β-unsaturated/α-hetero) is 1. The van der Waals surface area contributed by atoms with E-state index in [-0.39, 0.29) is 11.7 Å². The SMILES string of the molecule is CCc1cc(N2CCN(C(=O)c3c(C)oc4c3C(=O)CCC4)CC2)ncn1. The summed E-state index contributed by atoms with van der Waals surface area (Å²) in [5.41, 5.74) is 2.01. The van der Waals surface area contributed by atoms with E-state index in [1.54, 1.807) is 13.3 Å². The van der Waals surface area contributed by atoms with Crippen molar-refractivity contribution in [3.05, 3.63) is 40.7 Å². The normalized spacial score (nSPS) is 17.2. The van der Waals surface area contributed by atoms with Crippen molar-refractivity contribution in [2.24, 2.45) is 0 Å². The van der Waals surface area contributed by atoms with Gasteiger partial charge in [-0.3, -0.25) is 9.59 Å². The summed E-state index contributed by atoms with van der Waals surface area (Å²) in [6.45, 7) is 6.45. The van der Waals surface area contributed by atoms with Gasteiger partial charge in [0.2, 0.25) is 0 Å². The van der Waals surface area contributed by atoms with E-state index in [0.29, 0.717) is 55.2 Å². The maximum atomic E-state index is 13.1. The summed E-state index contributed by atoms with van der Waals surface area (Å²) in [5, 5.41) is 0. The van der Waals surface area contributed by atoms with E-state index in [0.717, 1.165) is 30.8 Å². The molecule has 0 saturated carbocycles.